The second-order valence-electron chi connectivity index (χ2n) is 4.11. The third-order valence-electron chi connectivity index (χ3n) is 2.61. The summed E-state index contributed by atoms with van der Waals surface area (Å²) in [6.07, 6.45) is 2.79. The largest absolute Gasteiger partial charge is 0.380 e. The third kappa shape index (κ3) is 4.47. The monoisotopic (exact) mass is 300 g/mol. The number of benzene rings is 2. The summed E-state index contributed by atoms with van der Waals surface area (Å²) in [6.45, 7) is 0. The predicted octanol–water partition coefficient (Wildman–Crippen LogP) is 3.22. The second kappa shape index (κ2) is 7.26. The van der Waals surface area contributed by atoms with Gasteiger partial charge in [0, 0.05) is 16.7 Å². The normalized spacial score (nSPS) is 11.6. The molecule has 2 aromatic carbocycles. The lowest BCUT2D eigenvalue weighted by Crippen LogP contribution is -2.14. The number of halogens is 1. The summed E-state index contributed by atoms with van der Waals surface area (Å²) in [4.78, 5) is 16.3. The van der Waals surface area contributed by atoms with Crippen LogP contribution in [0.5, 0.6) is 0 Å². The first-order valence-electron chi connectivity index (χ1n) is 6.19. The number of rotatable bonds is 4. The highest BCUT2D eigenvalue weighted by Gasteiger charge is 2.01. The summed E-state index contributed by atoms with van der Waals surface area (Å²) in [5.41, 5.74) is 7.10. The topological polar surface area (TPSA) is 64.7 Å². The molecular formula is C16H13ClN2O2. The number of carbonyl (C=O) groups is 1. The first kappa shape index (κ1) is 14.8. The fraction of sp³-hybridized carbons (Fsp3) is 0. The maximum absolute atomic E-state index is 11.5. The second-order valence-corrected chi connectivity index (χ2v) is 4.51. The molecule has 0 saturated heterocycles. The van der Waals surface area contributed by atoms with Crippen molar-refractivity contribution in [3.05, 3.63) is 76.8 Å². The Labute approximate surface area is 127 Å². The van der Waals surface area contributed by atoms with Gasteiger partial charge in [0.05, 0.1) is 0 Å². The molecule has 2 N–H and O–H groups in total. The molecule has 0 atom stereocenters. The molecule has 0 spiro atoms. The molecule has 0 amide bonds. The van der Waals surface area contributed by atoms with Crippen LogP contribution in [0.4, 0.5) is 0 Å². The molecule has 0 aliphatic heterocycles. The number of oxime groups is 1. The van der Waals surface area contributed by atoms with E-state index in [1.165, 1.54) is 6.08 Å². The molecule has 0 bridgehead atoms. The van der Waals surface area contributed by atoms with Crippen LogP contribution in [0.3, 0.4) is 0 Å². The van der Waals surface area contributed by atoms with E-state index >= 15 is 0 Å². The lowest BCUT2D eigenvalue weighted by atomic mass is 10.2. The summed E-state index contributed by atoms with van der Waals surface area (Å²) in [5.74, 6) is -0.496. The van der Waals surface area contributed by atoms with E-state index in [2.05, 4.69) is 5.16 Å². The van der Waals surface area contributed by atoms with Gasteiger partial charge >= 0.3 is 5.97 Å². The number of carbonyl (C=O) groups excluding carboxylic acids is 1. The minimum Gasteiger partial charge on any atom is -0.380 e. The molecule has 4 nitrogen and oxygen atoms in total. The van der Waals surface area contributed by atoms with Crippen molar-refractivity contribution in [1.29, 1.82) is 0 Å². The summed E-state index contributed by atoms with van der Waals surface area (Å²) in [5, 5.41) is 4.14. The Bertz CT molecular complexity index is 682. The zero-order chi connectivity index (χ0) is 15.1. The van der Waals surface area contributed by atoms with Gasteiger partial charge < -0.3 is 10.6 Å². The molecule has 0 saturated carbocycles. The smallest absolute Gasteiger partial charge is 0.358 e. The molecular weight excluding hydrogens is 288 g/mol. The van der Waals surface area contributed by atoms with E-state index in [1.54, 1.807) is 30.3 Å². The Morgan fingerprint density at radius 1 is 1.10 bits per heavy atom. The number of nitrogens with zero attached hydrogens (tertiary/aromatic N) is 1. The van der Waals surface area contributed by atoms with Crippen molar-refractivity contribution < 1.29 is 9.63 Å². The Hall–Kier alpha value is -2.59. The van der Waals surface area contributed by atoms with Crippen LogP contribution < -0.4 is 5.73 Å². The average molecular weight is 301 g/mol. The fourth-order valence-corrected chi connectivity index (χ4v) is 1.75. The molecule has 0 radical (unpaired) electrons. The van der Waals surface area contributed by atoms with E-state index in [0.717, 1.165) is 5.56 Å². The minimum absolute atomic E-state index is 0.134. The van der Waals surface area contributed by atoms with Gasteiger partial charge in [-0.3, -0.25) is 0 Å². The van der Waals surface area contributed by atoms with Crippen molar-refractivity contribution >= 4 is 29.5 Å². The molecule has 0 aliphatic rings. The maximum Gasteiger partial charge on any atom is 0.358 e. The van der Waals surface area contributed by atoms with Crippen LogP contribution in [0.15, 0.2) is 65.8 Å². The van der Waals surface area contributed by atoms with E-state index in [-0.39, 0.29) is 5.84 Å². The van der Waals surface area contributed by atoms with E-state index in [0.29, 0.717) is 10.6 Å². The summed E-state index contributed by atoms with van der Waals surface area (Å²) in [7, 11) is 0. The van der Waals surface area contributed by atoms with Crippen LogP contribution in [0.2, 0.25) is 5.02 Å². The van der Waals surface area contributed by atoms with Crippen LogP contribution in [-0.2, 0) is 9.63 Å². The van der Waals surface area contributed by atoms with Crippen LogP contribution in [-0.4, -0.2) is 11.8 Å². The van der Waals surface area contributed by atoms with Gasteiger partial charge in [0.2, 0.25) is 0 Å². The molecule has 0 fully saturated rings. The zero-order valence-corrected chi connectivity index (χ0v) is 11.8. The SMILES string of the molecule is N/C(=N/OC(=O)/C=C/c1ccccc1Cl)c1ccccc1. The summed E-state index contributed by atoms with van der Waals surface area (Å²) in [6, 6.07) is 16.2. The van der Waals surface area contributed by atoms with Crippen molar-refractivity contribution in [1.82, 2.24) is 0 Å². The van der Waals surface area contributed by atoms with Gasteiger partial charge in [-0.2, -0.15) is 0 Å². The van der Waals surface area contributed by atoms with Crippen molar-refractivity contribution in [2.24, 2.45) is 10.9 Å². The average Bonchev–Trinajstić information content (AvgIpc) is 2.52. The highest BCUT2D eigenvalue weighted by Crippen LogP contribution is 2.16. The van der Waals surface area contributed by atoms with Gasteiger partial charge in [0.25, 0.3) is 0 Å². The number of amidine groups is 1. The number of hydrogen-bond acceptors (Lipinski definition) is 3. The Balaban J connectivity index is 1.98. The molecule has 2 rings (SSSR count). The lowest BCUT2D eigenvalue weighted by Gasteiger charge is -1.99. The Morgan fingerprint density at radius 2 is 1.76 bits per heavy atom. The molecule has 0 aliphatic carbocycles. The third-order valence-corrected chi connectivity index (χ3v) is 2.95. The fourth-order valence-electron chi connectivity index (χ4n) is 1.55. The molecule has 106 valence electrons. The summed E-state index contributed by atoms with van der Waals surface area (Å²) >= 11 is 5.96. The lowest BCUT2D eigenvalue weighted by molar-refractivity contribution is -0.137. The van der Waals surface area contributed by atoms with E-state index < -0.39 is 5.97 Å². The van der Waals surface area contributed by atoms with E-state index in [9.17, 15) is 4.79 Å². The summed E-state index contributed by atoms with van der Waals surface area (Å²) < 4.78 is 0. The highest BCUT2D eigenvalue weighted by molar-refractivity contribution is 6.32. The Morgan fingerprint density at radius 3 is 2.48 bits per heavy atom. The van der Waals surface area contributed by atoms with Crippen LogP contribution in [0.1, 0.15) is 11.1 Å². The highest BCUT2D eigenvalue weighted by atomic mass is 35.5. The number of hydrogen-bond donors (Lipinski definition) is 1. The van der Waals surface area contributed by atoms with Gasteiger partial charge in [0.1, 0.15) is 0 Å². The maximum atomic E-state index is 11.5. The van der Waals surface area contributed by atoms with Gasteiger partial charge in [-0.15, -0.1) is 0 Å². The standard InChI is InChI=1S/C16H13ClN2O2/c17-14-9-5-4-6-12(14)10-11-15(20)21-19-16(18)13-7-2-1-3-8-13/h1-11H,(H2,18,19)/b11-10+. The molecule has 21 heavy (non-hydrogen) atoms. The van der Waals surface area contributed by atoms with Crippen molar-refractivity contribution in [2.75, 3.05) is 0 Å². The van der Waals surface area contributed by atoms with Crippen molar-refractivity contribution in [3.8, 4) is 0 Å². The molecule has 5 heteroatoms. The molecule has 2 aromatic rings. The minimum atomic E-state index is -0.631. The van der Waals surface area contributed by atoms with Crippen molar-refractivity contribution in [2.45, 2.75) is 0 Å². The van der Waals surface area contributed by atoms with Gasteiger partial charge in [-0.1, -0.05) is 65.3 Å². The van der Waals surface area contributed by atoms with E-state index in [4.69, 9.17) is 22.2 Å². The zero-order valence-electron chi connectivity index (χ0n) is 11.1. The predicted molar refractivity (Wildman–Crippen MR) is 83.7 cm³/mol. The van der Waals surface area contributed by atoms with Crippen LogP contribution in [0.25, 0.3) is 6.08 Å². The van der Waals surface area contributed by atoms with Gasteiger partial charge in [0.15, 0.2) is 5.84 Å². The Kier molecular flexibility index (Phi) is 5.12. The molecule has 0 aromatic heterocycles. The van der Waals surface area contributed by atoms with Gasteiger partial charge in [-0.25, -0.2) is 4.79 Å². The first-order chi connectivity index (χ1) is 10.2. The first-order valence-corrected chi connectivity index (χ1v) is 6.57. The van der Waals surface area contributed by atoms with Crippen LogP contribution in [0, 0.1) is 0 Å². The van der Waals surface area contributed by atoms with Crippen molar-refractivity contribution in [3.63, 3.8) is 0 Å². The molecule has 0 unspecified atom stereocenters. The van der Waals surface area contributed by atoms with Crippen LogP contribution >= 0.6 is 11.6 Å². The molecule has 0 heterocycles. The quantitative estimate of drug-likeness (QED) is 0.310. The number of nitrogens with two attached hydrogens (primary N) is 1. The van der Waals surface area contributed by atoms with E-state index in [1.807, 2.05) is 30.3 Å². The van der Waals surface area contributed by atoms with Gasteiger partial charge in [-0.05, 0) is 17.7 Å².